The fourth-order valence-corrected chi connectivity index (χ4v) is 3.85. The highest BCUT2D eigenvalue weighted by atomic mass is 16.1. The van der Waals surface area contributed by atoms with Gasteiger partial charge >= 0.3 is 0 Å². The second kappa shape index (κ2) is 13.5. The Morgan fingerprint density at radius 3 is 2.41 bits per heavy atom. The summed E-state index contributed by atoms with van der Waals surface area (Å²) in [6.45, 7) is 3.59. The van der Waals surface area contributed by atoms with Crippen LogP contribution in [0.5, 0.6) is 0 Å². The molecule has 1 aliphatic rings. The van der Waals surface area contributed by atoms with Crippen molar-refractivity contribution in [2.75, 3.05) is 38.2 Å². The van der Waals surface area contributed by atoms with Crippen molar-refractivity contribution in [3.63, 3.8) is 0 Å². The second-order valence-electron chi connectivity index (χ2n) is 8.17. The highest BCUT2D eigenvalue weighted by Crippen LogP contribution is 2.33. The molecule has 1 saturated heterocycles. The van der Waals surface area contributed by atoms with E-state index in [4.69, 9.17) is 10.8 Å². The summed E-state index contributed by atoms with van der Waals surface area (Å²) in [7, 11) is 3.95. The number of nitrogens with zero attached hydrogens (tertiary/aromatic N) is 6. The number of likely N-dealkylation sites (N-methyl/N-ethyl adjacent to an activating group) is 1. The average Bonchev–Trinajstić information content (AvgIpc) is 3.55. The van der Waals surface area contributed by atoms with Gasteiger partial charge in [0, 0.05) is 37.5 Å². The van der Waals surface area contributed by atoms with Crippen LogP contribution >= 0.6 is 0 Å². The van der Waals surface area contributed by atoms with E-state index in [0.717, 1.165) is 53.9 Å². The van der Waals surface area contributed by atoms with Crippen molar-refractivity contribution in [1.82, 2.24) is 29.6 Å². The maximum atomic E-state index is 10.9. The molecule has 10 nitrogen and oxygen atoms in total. The number of benzene rings is 1. The zero-order valence-electron chi connectivity index (χ0n) is 21.1. The molecule has 1 unspecified atom stereocenters. The number of fused-ring (bicyclic) bond motifs is 1. The van der Waals surface area contributed by atoms with E-state index >= 15 is 0 Å². The van der Waals surface area contributed by atoms with Crippen molar-refractivity contribution in [2.24, 2.45) is 0 Å². The monoisotopic (exact) mass is 498 g/mol. The lowest BCUT2D eigenvalue weighted by molar-refractivity contribution is -0.103. The van der Waals surface area contributed by atoms with Gasteiger partial charge in [-0.15, -0.1) is 0 Å². The lowest BCUT2D eigenvalue weighted by Crippen LogP contribution is -2.17. The highest BCUT2D eigenvalue weighted by Gasteiger charge is 2.26. The van der Waals surface area contributed by atoms with Crippen molar-refractivity contribution in [1.29, 1.82) is 0 Å². The Morgan fingerprint density at radius 2 is 1.89 bits per heavy atom. The van der Waals surface area contributed by atoms with E-state index < -0.39 is 0 Å². The van der Waals surface area contributed by atoms with Crippen molar-refractivity contribution in [2.45, 2.75) is 19.4 Å². The summed E-state index contributed by atoms with van der Waals surface area (Å²) in [6.07, 6.45) is 5.66. The minimum atomic E-state index is 0.273. The molecule has 10 heteroatoms. The summed E-state index contributed by atoms with van der Waals surface area (Å²) in [5, 5.41) is 8.50. The van der Waals surface area contributed by atoms with E-state index in [1.165, 1.54) is 6.33 Å². The molecule has 0 bridgehead atoms. The normalized spacial score (nSPS) is 14.3. The summed E-state index contributed by atoms with van der Waals surface area (Å²) in [5.74, 6) is 5.91. The van der Waals surface area contributed by atoms with Crippen molar-refractivity contribution in [3.05, 3.63) is 60.6 Å². The van der Waals surface area contributed by atoms with E-state index in [2.05, 4.69) is 44.1 Å². The Bertz CT molecular complexity index is 1370. The van der Waals surface area contributed by atoms with Crippen molar-refractivity contribution in [3.8, 4) is 23.1 Å². The molecular weight excluding hydrogens is 468 g/mol. The summed E-state index contributed by atoms with van der Waals surface area (Å²) in [4.78, 5) is 34.9. The maximum absolute atomic E-state index is 10.9. The largest absolute Gasteiger partial charge is 0.383 e. The number of pyridine rings is 1. The highest BCUT2D eigenvalue weighted by molar-refractivity contribution is 5.98. The number of nitrogen functional groups attached to an aromatic ring is 1. The van der Waals surface area contributed by atoms with Crippen LogP contribution in [-0.2, 0) is 4.79 Å². The summed E-state index contributed by atoms with van der Waals surface area (Å²) < 4.78 is 1.97. The summed E-state index contributed by atoms with van der Waals surface area (Å²) in [5.41, 5.74) is 9.17. The molecule has 37 heavy (non-hydrogen) atoms. The first-order chi connectivity index (χ1) is 18.0. The quantitative estimate of drug-likeness (QED) is 0.322. The smallest absolute Gasteiger partial charge is 0.192 e. The Balaban J connectivity index is 0.000000242. The molecule has 0 saturated carbocycles. The van der Waals surface area contributed by atoms with Crippen LogP contribution in [0.25, 0.3) is 22.3 Å². The molecular formula is C27H30N8O2. The second-order valence-corrected chi connectivity index (χ2v) is 8.17. The third-order valence-electron chi connectivity index (χ3n) is 5.67. The van der Waals surface area contributed by atoms with Crippen LogP contribution < -0.4 is 11.1 Å². The number of nitrogens with two attached hydrogens (primary N) is 1. The fourth-order valence-electron chi connectivity index (χ4n) is 3.85. The predicted octanol–water partition coefficient (Wildman–Crippen LogP) is 3.10. The molecule has 1 aromatic carbocycles. The van der Waals surface area contributed by atoms with Gasteiger partial charge in [0.2, 0.25) is 0 Å². The van der Waals surface area contributed by atoms with Crippen LogP contribution in [0.2, 0.25) is 0 Å². The van der Waals surface area contributed by atoms with E-state index in [1.54, 1.807) is 25.3 Å². The molecule has 0 aliphatic carbocycles. The molecule has 0 amide bonds. The third kappa shape index (κ3) is 6.96. The Morgan fingerprint density at radius 1 is 1.11 bits per heavy atom. The number of carbonyl (C=O) groups excluding carboxylic acids is 2. The first-order valence-electron chi connectivity index (χ1n) is 11.7. The Kier molecular flexibility index (Phi) is 9.82. The maximum Gasteiger partial charge on any atom is 0.192 e. The van der Waals surface area contributed by atoms with Gasteiger partial charge in [0.05, 0.1) is 11.4 Å². The van der Waals surface area contributed by atoms with Crippen LogP contribution in [0.1, 0.15) is 29.7 Å². The number of aromatic nitrogens is 5. The standard InChI is InChI=1S/C17H18N6O.C6H8N2.C4H4O/c1-22-7-6-13(8-22)23-17-14(16(18)19-10-20-17)15(21-23)12-4-2-11(9-24)3-5-12;1-7-6-4-2-3-5-8-6;1-2-3-4-5/h2-5,9-10,13H,6-8H2,1H3,(H2,18,19,20);2-5H,1H3,(H,7,8);4H,1H3. The third-order valence-corrected chi connectivity index (χ3v) is 5.67. The molecule has 4 aromatic rings. The van der Waals surface area contributed by atoms with Crippen molar-refractivity contribution < 1.29 is 9.59 Å². The molecule has 1 aliphatic heterocycles. The first kappa shape index (κ1) is 27.0. The lowest BCUT2D eigenvalue weighted by Gasteiger charge is -2.11. The lowest BCUT2D eigenvalue weighted by atomic mass is 10.1. The van der Waals surface area contributed by atoms with Crippen molar-refractivity contribution >= 4 is 35.2 Å². The van der Waals surface area contributed by atoms with Crippen LogP contribution in [0.4, 0.5) is 11.6 Å². The van der Waals surface area contributed by atoms with E-state index in [0.29, 0.717) is 17.7 Å². The van der Waals surface area contributed by atoms with E-state index in [1.807, 2.05) is 42.1 Å². The number of rotatable bonds is 4. The SMILES string of the molecule is CC#CC=O.CN1CCC(n2nc(-c3ccc(C=O)cc3)c3c(N)ncnc32)C1.CNc1ccccn1. The molecule has 5 rings (SSSR count). The molecule has 0 radical (unpaired) electrons. The van der Waals surface area contributed by atoms with Gasteiger partial charge in [-0.2, -0.15) is 5.10 Å². The molecule has 1 atom stereocenters. The van der Waals surface area contributed by atoms with Gasteiger partial charge in [-0.25, -0.2) is 19.6 Å². The number of hydrogen-bond acceptors (Lipinski definition) is 9. The van der Waals surface area contributed by atoms with Gasteiger partial charge in [-0.3, -0.25) is 9.59 Å². The first-order valence-corrected chi connectivity index (χ1v) is 11.7. The number of anilines is 2. The van der Waals surface area contributed by atoms with Gasteiger partial charge in [-0.1, -0.05) is 36.3 Å². The summed E-state index contributed by atoms with van der Waals surface area (Å²) >= 11 is 0. The zero-order valence-corrected chi connectivity index (χ0v) is 21.1. The van der Waals surface area contributed by atoms with Gasteiger partial charge in [0.25, 0.3) is 0 Å². The van der Waals surface area contributed by atoms with E-state index in [9.17, 15) is 9.59 Å². The molecule has 1 fully saturated rings. The minimum Gasteiger partial charge on any atom is -0.383 e. The topological polar surface area (TPSA) is 132 Å². The number of hydrogen-bond donors (Lipinski definition) is 2. The fraction of sp³-hybridized carbons (Fsp3) is 0.259. The van der Waals surface area contributed by atoms with Gasteiger partial charge in [0.1, 0.15) is 29.9 Å². The van der Waals surface area contributed by atoms with E-state index in [-0.39, 0.29) is 6.04 Å². The number of aldehydes is 2. The Labute approximate surface area is 215 Å². The molecule has 190 valence electrons. The van der Waals surface area contributed by atoms with Crippen LogP contribution in [-0.4, -0.2) is 69.4 Å². The molecule has 3 aromatic heterocycles. The van der Waals surface area contributed by atoms with Crippen LogP contribution in [0.15, 0.2) is 55.0 Å². The van der Waals surface area contributed by atoms with Gasteiger partial charge in [0.15, 0.2) is 11.9 Å². The molecule has 4 heterocycles. The average molecular weight is 499 g/mol. The van der Waals surface area contributed by atoms with Gasteiger partial charge < -0.3 is 16.0 Å². The van der Waals surface area contributed by atoms with Crippen LogP contribution in [0, 0.1) is 11.8 Å². The summed E-state index contributed by atoms with van der Waals surface area (Å²) in [6, 6.07) is 13.3. The Hall–Kier alpha value is -4.62. The molecule has 3 N–H and O–H groups in total. The number of carbonyl (C=O) groups is 2. The van der Waals surface area contributed by atoms with Gasteiger partial charge in [-0.05, 0) is 38.4 Å². The predicted molar refractivity (Wildman–Crippen MR) is 145 cm³/mol. The minimum absolute atomic E-state index is 0.273. The number of nitrogens with one attached hydrogen (secondary N) is 1. The number of likely N-dealkylation sites (tertiary alicyclic amines) is 1. The van der Waals surface area contributed by atoms with Crippen LogP contribution in [0.3, 0.4) is 0 Å². The zero-order chi connectivity index (χ0) is 26.6. The molecule has 0 spiro atoms.